The van der Waals surface area contributed by atoms with E-state index < -0.39 is 6.04 Å². The summed E-state index contributed by atoms with van der Waals surface area (Å²) >= 11 is 0. The second kappa shape index (κ2) is 5.31. The van der Waals surface area contributed by atoms with Crippen LogP contribution >= 0.6 is 0 Å². The summed E-state index contributed by atoms with van der Waals surface area (Å²) in [5, 5.41) is 0. The number of piperidine rings is 1. The van der Waals surface area contributed by atoms with Crippen molar-refractivity contribution in [3.63, 3.8) is 0 Å². The molecule has 0 N–H and O–H groups in total. The zero-order valence-electron chi connectivity index (χ0n) is 11.7. The average molecular weight is 276 g/mol. The minimum Gasteiger partial charge on any atom is -0.467 e. The van der Waals surface area contributed by atoms with Crippen LogP contribution in [0.15, 0.2) is 18.3 Å². The Balaban J connectivity index is 1.83. The molecule has 1 saturated carbocycles. The van der Waals surface area contributed by atoms with Crippen LogP contribution in [0.5, 0.6) is 0 Å². The van der Waals surface area contributed by atoms with Gasteiger partial charge in [-0.25, -0.2) is 4.79 Å². The molecular weight excluding hydrogens is 256 g/mol. The third-order valence-electron chi connectivity index (χ3n) is 4.18. The van der Waals surface area contributed by atoms with E-state index in [1.807, 2.05) is 22.9 Å². The maximum atomic E-state index is 12.7. The summed E-state index contributed by atoms with van der Waals surface area (Å²) in [6, 6.07) is 3.79. The highest BCUT2D eigenvalue weighted by atomic mass is 16.5. The van der Waals surface area contributed by atoms with Crippen LogP contribution in [0.25, 0.3) is 0 Å². The number of carbonyl (C=O) groups is 2. The molecule has 2 heterocycles. The van der Waals surface area contributed by atoms with Gasteiger partial charge in [-0.1, -0.05) is 0 Å². The molecule has 0 aromatic carbocycles. The number of rotatable bonds is 3. The topological polar surface area (TPSA) is 51.5 Å². The normalized spacial score (nSPS) is 22.6. The fourth-order valence-corrected chi connectivity index (χ4v) is 2.95. The highest BCUT2D eigenvalue weighted by molar-refractivity contribution is 5.95. The van der Waals surface area contributed by atoms with E-state index in [2.05, 4.69) is 0 Å². The second-order valence-electron chi connectivity index (χ2n) is 5.57. The molecule has 1 amide bonds. The summed E-state index contributed by atoms with van der Waals surface area (Å²) in [6.45, 7) is 0.633. The maximum absolute atomic E-state index is 12.7. The number of amides is 1. The number of hydrogen-bond donors (Lipinski definition) is 0. The van der Waals surface area contributed by atoms with Crippen LogP contribution in [-0.4, -0.2) is 41.0 Å². The van der Waals surface area contributed by atoms with Crippen molar-refractivity contribution in [2.24, 2.45) is 0 Å². The van der Waals surface area contributed by atoms with Gasteiger partial charge in [0.1, 0.15) is 11.7 Å². The summed E-state index contributed by atoms with van der Waals surface area (Å²) in [5.74, 6) is -0.348. The van der Waals surface area contributed by atoms with Gasteiger partial charge in [0.05, 0.1) is 7.11 Å². The zero-order chi connectivity index (χ0) is 14.1. The highest BCUT2D eigenvalue weighted by Gasteiger charge is 2.35. The van der Waals surface area contributed by atoms with Crippen molar-refractivity contribution in [3.05, 3.63) is 24.0 Å². The van der Waals surface area contributed by atoms with Crippen LogP contribution in [0.2, 0.25) is 0 Å². The molecule has 1 aromatic rings. The summed E-state index contributed by atoms with van der Waals surface area (Å²) < 4.78 is 6.88. The van der Waals surface area contributed by atoms with E-state index in [1.54, 1.807) is 4.90 Å². The van der Waals surface area contributed by atoms with Crippen molar-refractivity contribution in [1.29, 1.82) is 0 Å². The van der Waals surface area contributed by atoms with Gasteiger partial charge in [-0.2, -0.15) is 0 Å². The van der Waals surface area contributed by atoms with Gasteiger partial charge in [0, 0.05) is 18.8 Å². The van der Waals surface area contributed by atoms with Crippen molar-refractivity contribution in [2.75, 3.05) is 13.7 Å². The van der Waals surface area contributed by atoms with Crippen LogP contribution in [0.3, 0.4) is 0 Å². The second-order valence-corrected chi connectivity index (χ2v) is 5.57. The van der Waals surface area contributed by atoms with E-state index in [4.69, 9.17) is 4.74 Å². The van der Waals surface area contributed by atoms with Gasteiger partial charge in [-0.3, -0.25) is 4.79 Å². The fraction of sp³-hybridized carbons (Fsp3) is 0.600. The quantitative estimate of drug-likeness (QED) is 0.793. The molecule has 20 heavy (non-hydrogen) atoms. The molecule has 5 heteroatoms. The van der Waals surface area contributed by atoms with E-state index in [0.717, 1.165) is 25.7 Å². The fourth-order valence-electron chi connectivity index (χ4n) is 2.95. The predicted octanol–water partition coefficient (Wildman–Crippen LogP) is 1.99. The Morgan fingerprint density at radius 2 is 2.05 bits per heavy atom. The average Bonchev–Trinajstić information content (AvgIpc) is 3.23. The van der Waals surface area contributed by atoms with Gasteiger partial charge in [0.15, 0.2) is 0 Å². The molecule has 108 valence electrons. The number of likely N-dealkylation sites (tertiary alicyclic amines) is 1. The summed E-state index contributed by atoms with van der Waals surface area (Å²) in [7, 11) is 1.38. The third-order valence-corrected chi connectivity index (χ3v) is 4.18. The van der Waals surface area contributed by atoms with Crippen molar-refractivity contribution in [2.45, 2.75) is 44.2 Å². The molecule has 1 aliphatic heterocycles. The van der Waals surface area contributed by atoms with Crippen LogP contribution in [0.1, 0.15) is 48.6 Å². The number of ether oxygens (including phenoxy) is 1. The standard InChI is InChI=1S/C15H20N2O3/c1-20-15(19)13-5-2-3-9-17(13)14(18)12-6-4-10-16(12)11-7-8-11/h4,6,10-11,13H,2-3,5,7-9H2,1H3. The zero-order valence-corrected chi connectivity index (χ0v) is 11.7. The van der Waals surface area contributed by atoms with Gasteiger partial charge in [0.2, 0.25) is 0 Å². The Labute approximate surface area is 118 Å². The third kappa shape index (κ3) is 2.32. The van der Waals surface area contributed by atoms with Gasteiger partial charge in [-0.15, -0.1) is 0 Å². The molecule has 0 spiro atoms. The summed E-state index contributed by atoms with van der Waals surface area (Å²) in [5.41, 5.74) is 0.698. The summed E-state index contributed by atoms with van der Waals surface area (Å²) in [4.78, 5) is 26.3. The Kier molecular flexibility index (Phi) is 3.51. The molecule has 5 nitrogen and oxygen atoms in total. The van der Waals surface area contributed by atoms with Crippen LogP contribution in [-0.2, 0) is 9.53 Å². The first kappa shape index (κ1) is 13.2. The van der Waals surface area contributed by atoms with E-state index >= 15 is 0 Å². The minimum absolute atomic E-state index is 0.0444. The molecule has 1 atom stereocenters. The number of nitrogens with zero attached hydrogens (tertiary/aromatic N) is 2. The SMILES string of the molecule is COC(=O)C1CCCCN1C(=O)c1cccn1C1CC1. The lowest BCUT2D eigenvalue weighted by atomic mass is 10.0. The van der Waals surface area contributed by atoms with Crippen molar-refractivity contribution >= 4 is 11.9 Å². The van der Waals surface area contributed by atoms with Crippen LogP contribution < -0.4 is 0 Å². The summed E-state index contributed by atoms with van der Waals surface area (Å²) in [6.07, 6.45) is 6.84. The maximum Gasteiger partial charge on any atom is 0.328 e. The lowest BCUT2D eigenvalue weighted by Gasteiger charge is -2.33. The first-order chi connectivity index (χ1) is 9.72. The van der Waals surface area contributed by atoms with E-state index in [-0.39, 0.29) is 11.9 Å². The highest BCUT2D eigenvalue weighted by Crippen LogP contribution is 2.36. The number of aromatic nitrogens is 1. The first-order valence-electron chi connectivity index (χ1n) is 7.28. The molecule has 1 unspecified atom stereocenters. The monoisotopic (exact) mass is 276 g/mol. The number of hydrogen-bond acceptors (Lipinski definition) is 3. The number of methoxy groups -OCH3 is 1. The van der Waals surface area contributed by atoms with Crippen molar-refractivity contribution in [1.82, 2.24) is 9.47 Å². The van der Waals surface area contributed by atoms with Crippen molar-refractivity contribution in [3.8, 4) is 0 Å². The molecule has 1 saturated heterocycles. The smallest absolute Gasteiger partial charge is 0.328 e. The van der Waals surface area contributed by atoms with E-state index in [0.29, 0.717) is 24.7 Å². The molecule has 3 rings (SSSR count). The molecule has 2 aliphatic rings. The lowest BCUT2D eigenvalue weighted by Crippen LogP contribution is -2.48. The molecule has 2 fully saturated rings. The Morgan fingerprint density at radius 3 is 2.75 bits per heavy atom. The molecule has 1 aliphatic carbocycles. The van der Waals surface area contributed by atoms with Crippen molar-refractivity contribution < 1.29 is 14.3 Å². The van der Waals surface area contributed by atoms with E-state index in [1.165, 1.54) is 7.11 Å². The molecule has 1 aromatic heterocycles. The molecule has 0 bridgehead atoms. The molecular formula is C15H20N2O3. The Bertz CT molecular complexity index is 519. The van der Waals surface area contributed by atoms with Crippen LogP contribution in [0.4, 0.5) is 0 Å². The lowest BCUT2D eigenvalue weighted by molar-refractivity contribution is -0.147. The largest absolute Gasteiger partial charge is 0.467 e. The van der Waals surface area contributed by atoms with Gasteiger partial charge >= 0.3 is 5.97 Å². The van der Waals surface area contributed by atoms with E-state index in [9.17, 15) is 9.59 Å². The van der Waals surface area contributed by atoms with Crippen LogP contribution in [0, 0.1) is 0 Å². The van der Waals surface area contributed by atoms with Gasteiger partial charge in [-0.05, 0) is 44.2 Å². The van der Waals surface area contributed by atoms with Gasteiger partial charge in [0.25, 0.3) is 5.91 Å². The Morgan fingerprint density at radius 1 is 1.25 bits per heavy atom. The minimum atomic E-state index is -0.427. The van der Waals surface area contributed by atoms with Gasteiger partial charge < -0.3 is 14.2 Å². The first-order valence-corrected chi connectivity index (χ1v) is 7.28. The number of esters is 1. The predicted molar refractivity (Wildman–Crippen MR) is 73.4 cm³/mol. The molecule has 0 radical (unpaired) electrons. The Hall–Kier alpha value is -1.78. The number of carbonyl (C=O) groups excluding carboxylic acids is 2.